The van der Waals surface area contributed by atoms with E-state index in [-0.39, 0.29) is 5.91 Å². The van der Waals surface area contributed by atoms with Gasteiger partial charge in [0.15, 0.2) is 11.5 Å². The normalized spacial score (nSPS) is 10.3. The van der Waals surface area contributed by atoms with Gasteiger partial charge in [0, 0.05) is 25.1 Å². The fraction of sp³-hybridized carbons (Fsp3) is 0.227. The zero-order valence-corrected chi connectivity index (χ0v) is 16.5. The van der Waals surface area contributed by atoms with Crippen molar-refractivity contribution in [2.24, 2.45) is 0 Å². The zero-order valence-electron chi connectivity index (χ0n) is 16.5. The average Bonchev–Trinajstić information content (AvgIpc) is 2.78. The molecule has 1 aromatic carbocycles. The van der Waals surface area contributed by atoms with Crippen molar-refractivity contribution >= 4 is 11.6 Å². The first-order chi connectivity index (χ1) is 14.2. The number of ether oxygens (including phenoxy) is 2. The summed E-state index contributed by atoms with van der Waals surface area (Å²) in [4.78, 5) is 20.9. The number of nitrogens with zero attached hydrogens (tertiary/aromatic N) is 2. The van der Waals surface area contributed by atoms with Crippen molar-refractivity contribution in [3.8, 4) is 11.5 Å². The number of carbonyl (C=O) groups excluding carboxylic acids is 1. The largest absolute Gasteiger partial charge is 0.493 e. The highest BCUT2D eigenvalue weighted by atomic mass is 16.5. The Bertz CT molecular complexity index is 948. The molecular weight excluding hydrogens is 368 g/mol. The molecule has 150 valence electrons. The first-order valence-corrected chi connectivity index (χ1v) is 9.27. The quantitative estimate of drug-likeness (QED) is 0.582. The van der Waals surface area contributed by atoms with Crippen molar-refractivity contribution in [3.63, 3.8) is 0 Å². The van der Waals surface area contributed by atoms with Crippen molar-refractivity contribution in [2.75, 3.05) is 26.1 Å². The van der Waals surface area contributed by atoms with Crippen LogP contribution in [0.4, 0.5) is 5.69 Å². The molecule has 0 fully saturated rings. The molecule has 0 radical (unpaired) electrons. The van der Waals surface area contributed by atoms with Crippen LogP contribution in [0.15, 0.2) is 61.1 Å². The van der Waals surface area contributed by atoms with E-state index in [0.29, 0.717) is 36.6 Å². The summed E-state index contributed by atoms with van der Waals surface area (Å²) in [6, 6.07) is 13.2. The molecule has 3 aromatic rings. The Morgan fingerprint density at radius 1 is 1.03 bits per heavy atom. The van der Waals surface area contributed by atoms with E-state index in [1.807, 2.05) is 36.4 Å². The lowest BCUT2D eigenvalue weighted by molar-refractivity contribution is 0.0954. The maximum Gasteiger partial charge on any atom is 0.252 e. The minimum absolute atomic E-state index is 0.167. The minimum atomic E-state index is -0.167. The van der Waals surface area contributed by atoms with Crippen LogP contribution in [-0.4, -0.2) is 36.6 Å². The summed E-state index contributed by atoms with van der Waals surface area (Å²) < 4.78 is 10.5. The van der Waals surface area contributed by atoms with Gasteiger partial charge in [0.05, 0.1) is 37.7 Å². The number of aromatic nitrogens is 2. The molecule has 0 aliphatic heterocycles. The van der Waals surface area contributed by atoms with E-state index in [9.17, 15) is 4.79 Å². The number of amides is 1. The molecule has 0 unspecified atom stereocenters. The fourth-order valence-corrected chi connectivity index (χ4v) is 2.81. The third kappa shape index (κ3) is 5.68. The van der Waals surface area contributed by atoms with E-state index < -0.39 is 0 Å². The molecule has 2 aromatic heterocycles. The Balaban J connectivity index is 1.53. The van der Waals surface area contributed by atoms with Crippen LogP contribution < -0.4 is 20.1 Å². The van der Waals surface area contributed by atoms with Crippen LogP contribution in [0, 0.1) is 0 Å². The first-order valence-electron chi connectivity index (χ1n) is 9.27. The maximum atomic E-state index is 12.4. The summed E-state index contributed by atoms with van der Waals surface area (Å²) in [7, 11) is 3.20. The number of pyridine rings is 2. The standard InChI is InChI=1S/C22H24N4O3/c1-28-20-7-6-16(11-21(20)29-2)8-10-25-22(27)17-12-19(14-23-13-17)26-15-18-5-3-4-9-24-18/h3-7,9,11-14,26H,8,10,15H2,1-2H3,(H,25,27). The summed E-state index contributed by atoms with van der Waals surface area (Å²) >= 11 is 0. The second kappa shape index (κ2) is 10.1. The van der Waals surface area contributed by atoms with Crippen LogP contribution in [0.25, 0.3) is 0 Å². The predicted molar refractivity (Wildman–Crippen MR) is 111 cm³/mol. The third-order valence-electron chi connectivity index (χ3n) is 4.35. The summed E-state index contributed by atoms with van der Waals surface area (Å²) in [5.41, 5.74) is 3.23. The van der Waals surface area contributed by atoms with E-state index in [1.165, 1.54) is 0 Å². The number of benzene rings is 1. The van der Waals surface area contributed by atoms with Crippen molar-refractivity contribution in [1.82, 2.24) is 15.3 Å². The predicted octanol–water partition coefficient (Wildman–Crippen LogP) is 3.08. The second-order valence-electron chi connectivity index (χ2n) is 6.33. The zero-order chi connectivity index (χ0) is 20.5. The smallest absolute Gasteiger partial charge is 0.252 e. The molecule has 29 heavy (non-hydrogen) atoms. The lowest BCUT2D eigenvalue weighted by Crippen LogP contribution is -2.25. The van der Waals surface area contributed by atoms with Gasteiger partial charge in [0.1, 0.15) is 0 Å². The lowest BCUT2D eigenvalue weighted by atomic mass is 10.1. The molecule has 0 saturated heterocycles. The number of rotatable bonds is 9. The van der Waals surface area contributed by atoms with Crippen molar-refractivity contribution in [3.05, 3.63) is 77.9 Å². The summed E-state index contributed by atoms with van der Waals surface area (Å²) in [5, 5.41) is 6.15. The molecule has 7 heteroatoms. The Labute approximate surface area is 170 Å². The third-order valence-corrected chi connectivity index (χ3v) is 4.35. The SMILES string of the molecule is COc1ccc(CCNC(=O)c2cncc(NCc3ccccn3)c2)cc1OC. The second-order valence-corrected chi connectivity index (χ2v) is 6.33. The Kier molecular flexibility index (Phi) is 7.00. The van der Waals surface area contributed by atoms with Crippen LogP contribution in [0.3, 0.4) is 0 Å². The van der Waals surface area contributed by atoms with Gasteiger partial charge in [-0.05, 0) is 42.3 Å². The molecule has 3 rings (SSSR count). The molecule has 0 aliphatic carbocycles. The van der Waals surface area contributed by atoms with Gasteiger partial charge in [0.25, 0.3) is 5.91 Å². The highest BCUT2D eigenvalue weighted by molar-refractivity contribution is 5.94. The van der Waals surface area contributed by atoms with Gasteiger partial charge in [-0.1, -0.05) is 12.1 Å². The van der Waals surface area contributed by atoms with Crippen LogP contribution in [0.5, 0.6) is 11.5 Å². The van der Waals surface area contributed by atoms with E-state index in [2.05, 4.69) is 20.6 Å². The Hall–Kier alpha value is -3.61. The molecule has 0 saturated carbocycles. The molecule has 0 atom stereocenters. The number of anilines is 1. The molecular formula is C22H24N4O3. The molecule has 2 heterocycles. The first kappa shape index (κ1) is 20.1. The van der Waals surface area contributed by atoms with Crippen LogP contribution in [-0.2, 0) is 13.0 Å². The number of hydrogen-bond donors (Lipinski definition) is 2. The maximum absolute atomic E-state index is 12.4. The number of carbonyl (C=O) groups is 1. The van der Waals surface area contributed by atoms with Crippen molar-refractivity contribution in [2.45, 2.75) is 13.0 Å². The summed E-state index contributed by atoms with van der Waals surface area (Å²) in [6.07, 6.45) is 5.66. The van der Waals surface area contributed by atoms with Crippen LogP contribution in [0.2, 0.25) is 0 Å². The lowest BCUT2D eigenvalue weighted by Gasteiger charge is -2.10. The van der Waals surface area contributed by atoms with E-state index in [0.717, 1.165) is 16.9 Å². The van der Waals surface area contributed by atoms with Gasteiger partial charge >= 0.3 is 0 Å². The number of nitrogens with one attached hydrogen (secondary N) is 2. The highest BCUT2D eigenvalue weighted by Gasteiger charge is 2.08. The van der Waals surface area contributed by atoms with Gasteiger partial charge in [0.2, 0.25) is 0 Å². The fourth-order valence-electron chi connectivity index (χ4n) is 2.81. The minimum Gasteiger partial charge on any atom is -0.493 e. The topological polar surface area (TPSA) is 85.4 Å². The van der Waals surface area contributed by atoms with Gasteiger partial charge in [-0.25, -0.2) is 0 Å². The van der Waals surface area contributed by atoms with Gasteiger partial charge in [-0.3, -0.25) is 14.8 Å². The average molecular weight is 392 g/mol. The Morgan fingerprint density at radius 2 is 1.90 bits per heavy atom. The Morgan fingerprint density at radius 3 is 2.66 bits per heavy atom. The highest BCUT2D eigenvalue weighted by Crippen LogP contribution is 2.27. The van der Waals surface area contributed by atoms with E-state index >= 15 is 0 Å². The molecule has 2 N–H and O–H groups in total. The van der Waals surface area contributed by atoms with Crippen molar-refractivity contribution in [1.29, 1.82) is 0 Å². The molecule has 7 nitrogen and oxygen atoms in total. The number of hydrogen-bond acceptors (Lipinski definition) is 6. The van der Waals surface area contributed by atoms with Gasteiger partial charge in [-0.15, -0.1) is 0 Å². The molecule has 0 bridgehead atoms. The van der Waals surface area contributed by atoms with E-state index in [4.69, 9.17) is 9.47 Å². The molecule has 0 aliphatic rings. The number of methoxy groups -OCH3 is 2. The summed E-state index contributed by atoms with van der Waals surface area (Å²) in [5.74, 6) is 1.19. The molecule has 0 spiro atoms. The van der Waals surface area contributed by atoms with E-state index in [1.54, 1.807) is 38.9 Å². The van der Waals surface area contributed by atoms with Crippen LogP contribution >= 0.6 is 0 Å². The van der Waals surface area contributed by atoms with Gasteiger partial charge < -0.3 is 20.1 Å². The van der Waals surface area contributed by atoms with Gasteiger partial charge in [-0.2, -0.15) is 0 Å². The monoisotopic (exact) mass is 392 g/mol. The molecule has 1 amide bonds. The van der Waals surface area contributed by atoms with Crippen molar-refractivity contribution < 1.29 is 14.3 Å². The van der Waals surface area contributed by atoms with Crippen LogP contribution in [0.1, 0.15) is 21.6 Å². The summed E-state index contributed by atoms with van der Waals surface area (Å²) in [6.45, 7) is 1.06.